The van der Waals surface area contributed by atoms with Crippen LogP contribution >= 0.6 is 34.3 Å². The van der Waals surface area contributed by atoms with Crippen molar-refractivity contribution in [3.8, 4) is 15.8 Å². The second-order valence-corrected chi connectivity index (χ2v) is 5.18. The molecule has 4 heteroatoms. The molecule has 0 atom stereocenters. The number of rotatable bonds is 1. The zero-order chi connectivity index (χ0) is 9.26. The van der Waals surface area contributed by atoms with Gasteiger partial charge in [0.05, 0.1) is 4.34 Å². The summed E-state index contributed by atoms with van der Waals surface area (Å²) >= 11 is 8.83. The van der Waals surface area contributed by atoms with E-state index in [0.717, 1.165) is 19.0 Å². The van der Waals surface area contributed by atoms with E-state index < -0.39 is 0 Å². The number of thiophene rings is 2. The molecule has 0 aliphatic carbocycles. The summed E-state index contributed by atoms with van der Waals surface area (Å²) in [6, 6.07) is 9.73. The van der Waals surface area contributed by atoms with E-state index in [1.165, 1.54) is 22.7 Å². The highest BCUT2D eigenvalue weighted by Crippen LogP contribution is 2.34. The van der Waals surface area contributed by atoms with Crippen LogP contribution in [-0.2, 0) is 0 Å². The van der Waals surface area contributed by atoms with Crippen LogP contribution in [-0.4, -0.2) is 0 Å². The van der Waals surface area contributed by atoms with Crippen molar-refractivity contribution in [3.05, 3.63) is 33.5 Å². The van der Waals surface area contributed by atoms with Crippen LogP contribution < -0.4 is 0 Å². The molecule has 1 nitrogen and oxygen atoms in total. The molecular formula is C9H4ClNS2. The lowest BCUT2D eigenvalue weighted by atomic mass is 10.4. The molecule has 0 N–H and O–H groups in total. The topological polar surface area (TPSA) is 23.8 Å². The van der Waals surface area contributed by atoms with Crippen molar-refractivity contribution in [2.45, 2.75) is 0 Å². The molecule has 0 radical (unpaired) electrons. The maximum absolute atomic E-state index is 8.64. The second-order valence-electron chi connectivity index (χ2n) is 2.38. The van der Waals surface area contributed by atoms with Crippen LogP contribution in [0, 0.1) is 11.3 Å². The van der Waals surface area contributed by atoms with E-state index in [0.29, 0.717) is 0 Å². The van der Waals surface area contributed by atoms with Crippen LogP contribution in [0.4, 0.5) is 0 Å². The van der Waals surface area contributed by atoms with E-state index in [1.807, 2.05) is 24.3 Å². The number of halogens is 1. The summed E-state index contributed by atoms with van der Waals surface area (Å²) in [5.74, 6) is 0. The summed E-state index contributed by atoms with van der Waals surface area (Å²) in [5, 5.41) is 8.64. The quantitative estimate of drug-likeness (QED) is 0.720. The van der Waals surface area contributed by atoms with E-state index >= 15 is 0 Å². The van der Waals surface area contributed by atoms with Gasteiger partial charge in [0.15, 0.2) is 0 Å². The first-order chi connectivity index (χ1) is 6.29. The summed E-state index contributed by atoms with van der Waals surface area (Å²) in [4.78, 5) is 2.96. The molecule has 0 bridgehead atoms. The zero-order valence-corrected chi connectivity index (χ0v) is 8.84. The van der Waals surface area contributed by atoms with Crippen LogP contribution in [0.3, 0.4) is 0 Å². The molecular weight excluding hydrogens is 222 g/mol. The van der Waals surface area contributed by atoms with Crippen molar-refractivity contribution < 1.29 is 0 Å². The van der Waals surface area contributed by atoms with E-state index in [-0.39, 0.29) is 0 Å². The third-order valence-corrected chi connectivity index (χ3v) is 3.95. The van der Waals surface area contributed by atoms with Gasteiger partial charge < -0.3 is 0 Å². The molecule has 0 fully saturated rings. The monoisotopic (exact) mass is 225 g/mol. The zero-order valence-electron chi connectivity index (χ0n) is 6.45. The van der Waals surface area contributed by atoms with Crippen LogP contribution in [0.25, 0.3) is 9.75 Å². The molecule has 0 unspecified atom stereocenters. The summed E-state index contributed by atoms with van der Waals surface area (Å²) < 4.78 is 0.780. The van der Waals surface area contributed by atoms with Gasteiger partial charge in [-0.15, -0.1) is 22.7 Å². The fourth-order valence-corrected chi connectivity index (χ4v) is 2.91. The molecule has 0 amide bonds. The Morgan fingerprint density at radius 2 is 1.77 bits per heavy atom. The Labute approximate surface area is 88.8 Å². The number of nitrogens with zero attached hydrogens (tertiary/aromatic N) is 1. The fraction of sp³-hybridized carbons (Fsp3) is 0. The predicted octanol–water partition coefficient (Wildman–Crippen LogP) is 4.00. The first kappa shape index (κ1) is 8.76. The standard InChI is InChI=1S/C9H4ClNS2/c10-9-4-3-8(13-9)7-2-1-6(5-11)12-7/h1-4H. The van der Waals surface area contributed by atoms with Crippen molar-refractivity contribution in [3.63, 3.8) is 0 Å². The summed E-state index contributed by atoms with van der Waals surface area (Å²) in [6.07, 6.45) is 0. The molecule has 64 valence electrons. The molecule has 2 aromatic rings. The average Bonchev–Trinajstić information content (AvgIpc) is 2.71. The first-order valence-electron chi connectivity index (χ1n) is 3.55. The Morgan fingerprint density at radius 1 is 1.08 bits per heavy atom. The van der Waals surface area contributed by atoms with Gasteiger partial charge >= 0.3 is 0 Å². The van der Waals surface area contributed by atoms with E-state index in [1.54, 1.807) is 0 Å². The maximum atomic E-state index is 8.64. The third kappa shape index (κ3) is 1.75. The Hall–Kier alpha value is -0.820. The van der Waals surface area contributed by atoms with Gasteiger partial charge in [0.25, 0.3) is 0 Å². The Balaban J connectivity index is 2.42. The molecule has 2 rings (SSSR count). The average molecular weight is 226 g/mol. The maximum Gasteiger partial charge on any atom is 0.110 e. The number of hydrogen-bond donors (Lipinski definition) is 0. The van der Waals surface area contributed by atoms with Crippen LogP contribution in [0.2, 0.25) is 4.34 Å². The molecule has 0 saturated carbocycles. The molecule has 0 aromatic carbocycles. The first-order valence-corrected chi connectivity index (χ1v) is 5.56. The molecule has 2 aromatic heterocycles. The van der Waals surface area contributed by atoms with E-state index in [2.05, 4.69) is 6.07 Å². The van der Waals surface area contributed by atoms with E-state index in [9.17, 15) is 0 Å². The van der Waals surface area contributed by atoms with Gasteiger partial charge in [-0.25, -0.2) is 0 Å². The lowest BCUT2D eigenvalue weighted by Crippen LogP contribution is -1.56. The molecule has 0 saturated heterocycles. The normalized spacial score (nSPS) is 9.85. The van der Waals surface area contributed by atoms with Crippen molar-refractivity contribution >= 4 is 34.3 Å². The Morgan fingerprint density at radius 3 is 2.31 bits per heavy atom. The second kappa shape index (κ2) is 3.51. The van der Waals surface area contributed by atoms with Crippen molar-refractivity contribution in [1.29, 1.82) is 5.26 Å². The molecule has 13 heavy (non-hydrogen) atoms. The highest BCUT2D eigenvalue weighted by Gasteiger charge is 2.04. The largest absolute Gasteiger partial charge is 0.192 e. The number of hydrogen-bond acceptors (Lipinski definition) is 3. The van der Waals surface area contributed by atoms with Crippen LogP contribution in [0.1, 0.15) is 4.88 Å². The highest BCUT2D eigenvalue weighted by atomic mass is 35.5. The highest BCUT2D eigenvalue weighted by molar-refractivity contribution is 7.24. The minimum Gasteiger partial charge on any atom is -0.192 e. The lowest BCUT2D eigenvalue weighted by molar-refractivity contribution is 1.52. The van der Waals surface area contributed by atoms with Gasteiger partial charge in [-0.1, -0.05) is 11.6 Å². The van der Waals surface area contributed by atoms with Crippen LogP contribution in [0.15, 0.2) is 24.3 Å². The fourth-order valence-electron chi connectivity index (χ4n) is 0.977. The molecule has 2 heterocycles. The van der Waals surface area contributed by atoms with Gasteiger partial charge in [0.2, 0.25) is 0 Å². The summed E-state index contributed by atoms with van der Waals surface area (Å²) in [5.41, 5.74) is 0. The summed E-state index contributed by atoms with van der Waals surface area (Å²) in [6.45, 7) is 0. The van der Waals surface area contributed by atoms with Crippen molar-refractivity contribution in [1.82, 2.24) is 0 Å². The minimum absolute atomic E-state index is 0.736. The van der Waals surface area contributed by atoms with Gasteiger partial charge in [-0.05, 0) is 24.3 Å². The SMILES string of the molecule is N#Cc1ccc(-c2ccc(Cl)s2)s1. The van der Waals surface area contributed by atoms with Gasteiger partial charge in [0.1, 0.15) is 10.9 Å². The van der Waals surface area contributed by atoms with Crippen molar-refractivity contribution in [2.24, 2.45) is 0 Å². The van der Waals surface area contributed by atoms with Gasteiger partial charge in [0, 0.05) is 9.75 Å². The minimum atomic E-state index is 0.736. The molecule has 0 aliphatic heterocycles. The summed E-state index contributed by atoms with van der Waals surface area (Å²) in [7, 11) is 0. The van der Waals surface area contributed by atoms with Crippen molar-refractivity contribution in [2.75, 3.05) is 0 Å². The van der Waals surface area contributed by atoms with Crippen LogP contribution in [0.5, 0.6) is 0 Å². The molecule has 0 aliphatic rings. The predicted molar refractivity (Wildman–Crippen MR) is 57.4 cm³/mol. The Bertz CT molecular complexity index is 464. The number of nitriles is 1. The Kier molecular flexibility index (Phi) is 2.36. The van der Waals surface area contributed by atoms with Gasteiger partial charge in [-0.3, -0.25) is 0 Å². The van der Waals surface area contributed by atoms with E-state index in [4.69, 9.17) is 16.9 Å². The lowest BCUT2D eigenvalue weighted by Gasteiger charge is -1.86. The van der Waals surface area contributed by atoms with Gasteiger partial charge in [-0.2, -0.15) is 5.26 Å². The third-order valence-electron chi connectivity index (χ3n) is 1.53. The molecule has 0 spiro atoms. The smallest absolute Gasteiger partial charge is 0.110 e.